The Morgan fingerprint density at radius 2 is 0.627 bits per heavy atom. The van der Waals surface area contributed by atoms with E-state index >= 15 is 0 Å². The van der Waals surface area contributed by atoms with Gasteiger partial charge in [-0.15, -0.1) is 0 Å². The molecule has 0 spiro atoms. The zero-order valence-electron chi connectivity index (χ0n) is 36.6. The van der Waals surface area contributed by atoms with Crippen molar-refractivity contribution in [2.75, 3.05) is 0 Å². The Kier molecular flexibility index (Phi) is 10.8. The van der Waals surface area contributed by atoms with E-state index in [9.17, 15) is 0 Å². The summed E-state index contributed by atoms with van der Waals surface area (Å²) in [5, 5.41) is 4.62. The van der Waals surface area contributed by atoms with Gasteiger partial charge in [-0.3, -0.25) is 0 Å². The molecule has 0 bridgehead atoms. The summed E-state index contributed by atoms with van der Waals surface area (Å²) in [5.74, 6) is 0.436. The Balaban J connectivity index is 2.47. The molecule has 0 heterocycles. The molecule has 51 heavy (non-hydrogen) atoms. The fourth-order valence-electron chi connectivity index (χ4n) is 7.64. The second-order valence-electron chi connectivity index (χ2n) is 22.4. The molecule has 1 aliphatic rings. The summed E-state index contributed by atoms with van der Waals surface area (Å²) in [6.45, 7) is 47.9. The average molecular weight is 703 g/mol. The summed E-state index contributed by atoms with van der Waals surface area (Å²) in [4.78, 5) is 0. The lowest BCUT2D eigenvalue weighted by atomic mass is 9.80. The highest BCUT2D eigenvalue weighted by Crippen LogP contribution is 2.42. The molecule has 0 saturated heterocycles. The van der Waals surface area contributed by atoms with Crippen molar-refractivity contribution >= 4 is 23.6 Å². The van der Waals surface area contributed by atoms with Gasteiger partial charge in [0.15, 0.2) is 8.07 Å². The van der Waals surface area contributed by atoms with Crippen LogP contribution in [0.5, 0.6) is 0 Å². The van der Waals surface area contributed by atoms with E-state index in [0.29, 0.717) is 5.92 Å². The van der Waals surface area contributed by atoms with E-state index < -0.39 is 8.07 Å². The van der Waals surface area contributed by atoms with E-state index in [1.165, 1.54) is 33.4 Å². The van der Waals surface area contributed by atoms with E-state index in [0.717, 1.165) is 0 Å². The molecule has 0 fully saturated rings. The lowest BCUT2D eigenvalue weighted by Gasteiger charge is -2.44. The van der Waals surface area contributed by atoms with Gasteiger partial charge in [0.05, 0.1) is 0 Å². The standard InChI is InChI=1S/C50H74Si/c1-33(2)43-22-21-23-44(43)51(40-27-34(45(3,4)5)24-35(28-40)46(6,7)8,41-29-36(47(9,10)11)25-37(30-41)48(12,13)14)42-31-38(49(15,16)17)26-39(32-42)50(18,19)20/h21-33,44H,1-20H3. The first-order valence-corrected chi connectivity index (χ1v) is 21.8. The largest absolute Gasteiger partial charge is 0.159 e. The highest BCUT2D eigenvalue weighted by molar-refractivity contribution is 7.13. The van der Waals surface area contributed by atoms with E-state index in [2.05, 4.69) is 211 Å². The molecule has 1 unspecified atom stereocenters. The normalized spacial score (nSPS) is 16.6. The zero-order valence-corrected chi connectivity index (χ0v) is 37.6. The maximum Gasteiger partial charge on any atom is 0.159 e. The zero-order chi connectivity index (χ0) is 38.9. The number of hydrogen-bond acceptors (Lipinski definition) is 0. The van der Waals surface area contributed by atoms with Crippen LogP contribution in [0, 0.1) is 5.92 Å². The Morgan fingerprint density at radius 1 is 0.392 bits per heavy atom. The van der Waals surface area contributed by atoms with Crippen LogP contribution in [-0.2, 0) is 32.5 Å². The van der Waals surface area contributed by atoms with Crippen LogP contribution >= 0.6 is 0 Å². The van der Waals surface area contributed by atoms with Gasteiger partial charge >= 0.3 is 0 Å². The molecule has 1 aliphatic carbocycles. The maximum atomic E-state index is 2.66. The van der Waals surface area contributed by atoms with E-state index in [1.54, 1.807) is 21.1 Å². The smallest absolute Gasteiger partial charge is 0.0790 e. The predicted octanol–water partition coefficient (Wildman–Crippen LogP) is 12.5. The van der Waals surface area contributed by atoms with Crippen LogP contribution in [0.25, 0.3) is 0 Å². The first-order chi connectivity index (χ1) is 22.9. The summed E-state index contributed by atoms with van der Waals surface area (Å²) in [7, 11) is -2.93. The number of benzene rings is 3. The molecule has 1 atom stereocenters. The monoisotopic (exact) mass is 703 g/mol. The fraction of sp³-hybridized carbons (Fsp3) is 0.560. The fourth-order valence-corrected chi connectivity index (χ4v) is 13.3. The first kappa shape index (κ1) is 41.1. The predicted molar refractivity (Wildman–Crippen MR) is 232 cm³/mol. The highest BCUT2D eigenvalue weighted by atomic mass is 28.3. The first-order valence-electron chi connectivity index (χ1n) is 19.8. The third-order valence-corrected chi connectivity index (χ3v) is 16.5. The van der Waals surface area contributed by atoms with Gasteiger partial charge in [0, 0.05) is 5.54 Å². The Labute approximate surface area is 316 Å². The average Bonchev–Trinajstić information content (AvgIpc) is 3.45. The van der Waals surface area contributed by atoms with Crippen molar-refractivity contribution in [2.45, 2.75) is 177 Å². The molecule has 1 heteroatoms. The van der Waals surface area contributed by atoms with Gasteiger partial charge in [0.1, 0.15) is 0 Å². The molecular weight excluding hydrogens is 629 g/mol. The van der Waals surface area contributed by atoms with Gasteiger partial charge in [-0.2, -0.15) is 0 Å². The van der Waals surface area contributed by atoms with Crippen LogP contribution in [0.1, 0.15) is 172 Å². The third-order valence-electron chi connectivity index (χ3n) is 11.4. The summed E-state index contributed by atoms with van der Waals surface area (Å²) in [6.07, 6.45) is 7.45. The summed E-state index contributed by atoms with van der Waals surface area (Å²) < 4.78 is 0. The molecule has 0 aromatic heterocycles. The van der Waals surface area contributed by atoms with E-state index in [4.69, 9.17) is 0 Å². The highest BCUT2D eigenvalue weighted by Gasteiger charge is 2.50. The minimum absolute atomic E-state index is 0.00599. The van der Waals surface area contributed by atoms with Gasteiger partial charge in [-0.1, -0.05) is 217 Å². The van der Waals surface area contributed by atoms with Crippen molar-refractivity contribution in [3.05, 3.63) is 112 Å². The van der Waals surface area contributed by atoms with Gasteiger partial charge in [-0.25, -0.2) is 0 Å². The van der Waals surface area contributed by atoms with Crippen LogP contribution < -0.4 is 15.6 Å². The van der Waals surface area contributed by atoms with Crippen LogP contribution in [0.4, 0.5) is 0 Å². The lowest BCUT2D eigenvalue weighted by Crippen LogP contribution is -2.70. The van der Waals surface area contributed by atoms with Crippen molar-refractivity contribution in [1.82, 2.24) is 0 Å². The second kappa shape index (κ2) is 13.3. The molecule has 3 aromatic rings. The Morgan fingerprint density at radius 3 is 0.824 bits per heavy atom. The minimum atomic E-state index is -2.93. The summed E-state index contributed by atoms with van der Waals surface area (Å²) in [5.41, 5.74) is 10.5. The van der Waals surface area contributed by atoms with Gasteiger partial charge in [-0.05, 0) is 87.3 Å². The molecule has 4 rings (SSSR count). The van der Waals surface area contributed by atoms with Crippen LogP contribution in [0.15, 0.2) is 78.4 Å². The van der Waals surface area contributed by atoms with E-state index in [-0.39, 0.29) is 38.0 Å². The molecule has 0 radical (unpaired) electrons. The van der Waals surface area contributed by atoms with Crippen molar-refractivity contribution in [3.8, 4) is 0 Å². The molecule has 0 amide bonds. The number of hydrogen-bond donors (Lipinski definition) is 0. The third kappa shape index (κ3) is 8.45. The van der Waals surface area contributed by atoms with E-state index in [1.807, 2.05) is 0 Å². The molecule has 0 saturated carbocycles. The maximum absolute atomic E-state index is 2.93. The Bertz CT molecular complexity index is 1520. The molecular formula is C50H74Si. The molecule has 3 aromatic carbocycles. The van der Waals surface area contributed by atoms with Gasteiger partial charge in [0.2, 0.25) is 0 Å². The van der Waals surface area contributed by atoms with Crippen LogP contribution in [0.2, 0.25) is 5.54 Å². The van der Waals surface area contributed by atoms with Crippen LogP contribution in [-0.4, -0.2) is 8.07 Å². The van der Waals surface area contributed by atoms with Crippen molar-refractivity contribution in [2.24, 2.45) is 5.92 Å². The van der Waals surface area contributed by atoms with Crippen molar-refractivity contribution in [1.29, 1.82) is 0 Å². The van der Waals surface area contributed by atoms with Crippen LogP contribution in [0.3, 0.4) is 0 Å². The topological polar surface area (TPSA) is 0 Å². The molecule has 278 valence electrons. The summed E-state index contributed by atoms with van der Waals surface area (Å²) >= 11 is 0. The SMILES string of the molecule is CC(C)C1=CC=CC1[Si](c1cc(C(C)(C)C)cc(C(C)(C)C)c1)(c1cc(C(C)(C)C)cc(C(C)(C)C)c1)c1cc(C(C)(C)C)cc(C(C)(C)C)c1. The summed E-state index contributed by atoms with van der Waals surface area (Å²) in [6, 6.07) is 23.5. The number of rotatable bonds is 5. The van der Waals surface area contributed by atoms with Gasteiger partial charge in [0.25, 0.3) is 0 Å². The minimum Gasteiger partial charge on any atom is -0.0790 e. The molecule has 0 N–H and O–H groups in total. The quantitative estimate of drug-likeness (QED) is 0.183. The van der Waals surface area contributed by atoms with Crippen molar-refractivity contribution < 1.29 is 0 Å². The molecule has 0 aliphatic heterocycles. The number of allylic oxidation sites excluding steroid dienone is 4. The lowest BCUT2D eigenvalue weighted by molar-refractivity contribution is 0.569. The second-order valence-corrected chi connectivity index (χ2v) is 26.4. The van der Waals surface area contributed by atoms with Crippen molar-refractivity contribution in [3.63, 3.8) is 0 Å². The Hall–Kier alpha value is -2.64. The van der Waals surface area contributed by atoms with Gasteiger partial charge < -0.3 is 0 Å². The molecule has 0 nitrogen and oxygen atoms in total.